The van der Waals surface area contributed by atoms with Crippen molar-refractivity contribution in [2.75, 3.05) is 13.2 Å². The van der Waals surface area contributed by atoms with E-state index in [0.29, 0.717) is 18.4 Å². The molecule has 22 nitrogen and oxygen atoms in total. The van der Waals surface area contributed by atoms with E-state index in [1.54, 1.807) is 71.9 Å². The summed E-state index contributed by atoms with van der Waals surface area (Å²) in [6.45, 7) is 12.4. The lowest BCUT2D eigenvalue weighted by Gasteiger charge is -2.31. The average Bonchev–Trinajstić information content (AvgIpc) is 3.74. The third-order valence-corrected chi connectivity index (χ3v) is 10.8. The second-order valence-corrected chi connectivity index (χ2v) is 17.7. The number of nitrogens with one attached hydrogen (secondary N) is 7. The van der Waals surface area contributed by atoms with Gasteiger partial charge in [0.2, 0.25) is 47.3 Å². The molecular formula is C44H69N9O13. The van der Waals surface area contributed by atoms with Crippen LogP contribution in [0.15, 0.2) is 30.3 Å². The smallest absolute Gasteiger partial charge is 0.326 e. The predicted molar refractivity (Wildman–Crippen MR) is 238 cm³/mol. The fourth-order valence-corrected chi connectivity index (χ4v) is 7.03. The van der Waals surface area contributed by atoms with Gasteiger partial charge in [-0.2, -0.15) is 0 Å². The molecule has 1 aromatic rings. The number of rotatable bonds is 26. The van der Waals surface area contributed by atoms with Gasteiger partial charge in [0.1, 0.15) is 48.3 Å². The Morgan fingerprint density at radius 2 is 1.20 bits per heavy atom. The van der Waals surface area contributed by atoms with E-state index in [0.717, 1.165) is 0 Å². The van der Waals surface area contributed by atoms with Gasteiger partial charge >= 0.3 is 11.9 Å². The lowest BCUT2D eigenvalue weighted by atomic mass is 9.99. The van der Waals surface area contributed by atoms with Crippen LogP contribution >= 0.6 is 0 Å². The van der Waals surface area contributed by atoms with E-state index < -0.39 is 139 Å². The van der Waals surface area contributed by atoms with E-state index in [1.165, 1.54) is 18.7 Å². The van der Waals surface area contributed by atoms with Crippen molar-refractivity contribution in [2.45, 2.75) is 148 Å². The highest BCUT2D eigenvalue weighted by Gasteiger charge is 2.40. The highest BCUT2D eigenvalue weighted by Crippen LogP contribution is 2.21. The molecule has 0 bridgehead atoms. The van der Waals surface area contributed by atoms with Gasteiger partial charge in [0, 0.05) is 19.4 Å². The Kier molecular flexibility index (Phi) is 22.7. The molecular weight excluding hydrogens is 863 g/mol. The zero-order valence-corrected chi connectivity index (χ0v) is 38.9. The van der Waals surface area contributed by atoms with Gasteiger partial charge in [-0.05, 0) is 62.8 Å². The van der Waals surface area contributed by atoms with Crippen LogP contribution in [-0.2, 0) is 54.4 Å². The standard InChI is InChI=1S/C44H69N9O13/c1-22(2)19-29(39(60)50-31(21-54)40(61)47-28(44(65)66)16-17-33(55)56)49-42(63)34(23(3)4)51-37(58)26(8)46-38(59)30(20-27-13-10-9-11-14-27)48-41(62)32-15-12-18-53(32)43(64)35(24(5)6)52-36(57)25(7)45/h9-11,13-14,22-26,28-32,34-35,54H,12,15-21,45H2,1-8H3,(H,46,59)(H,47,61)(H,48,62)(H,49,63)(H,50,60)(H,51,58)(H,52,57)(H,55,56)(H,65,66)/t25-,26-,28-,29-,30-,31-,32-,34-,35-/m0/s1. The Balaban J connectivity index is 2.24. The summed E-state index contributed by atoms with van der Waals surface area (Å²) < 4.78 is 0. The Morgan fingerprint density at radius 3 is 1.73 bits per heavy atom. The number of amides is 8. The molecule has 8 amide bonds. The van der Waals surface area contributed by atoms with E-state index >= 15 is 0 Å². The SMILES string of the molecule is CC(C)C[C@H](NC(=O)[C@@H](NC(=O)[C@H](C)NC(=O)[C@H](Cc1ccccc1)NC(=O)[C@@H]1CCCN1C(=O)[C@@H](NC(=O)[C@H](C)N)C(C)C)C(C)C)C(=O)N[C@@H](CO)C(=O)N[C@@H](CCC(=O)O)C(=O)O. The number of hydrogen-bond acceptors (Lipinski definition) is 12. The van der Waals surface area contributed by atoms with Crippen molar-refractivity contribution in [3.8, 4) is 0 Å². The van der Waals surface area contributed by atoms with Crippen molar-refractivity contribution in [3.05, 3.63) is 35.9 Å². The Hall–Kier alpha value is -6.16. The first-order chi connectivity index (χ1) is 30.9. The molecule has 1 aliphatic heterocycles. The summed E-state index contributed by atoms with van der Waals surface area (Å²) in [6.07, 6.45) is -0.227. The highest BCUT2D eigenvalue weighted by molar-refractivity contribution is 5.98. The number of benzene rings is 1. The maximum absolute atomic E-state index is 13.9. The highest BCUT2D eigenvalue weighted by atomic mass is 16.4. The van der Waals surface area contributed by atoms with Crippen LogP contribution in [0.25, 0.3) is 0 Å². The molecule has 368 valence electrons. The van der Waals surface area contributed by atoms with Crippen molar-refractivity contribution in [1.82, 2.24) is 42.1 Å². The minimum absolute atomic E-state index is 0.00642. The number of likely N-dealkylation sites (tertiary alicyclic amines) is 1. The summed E-state index contributed by atoms with van der Waals surface area (Å²) in [7, 11) is 0. The number of nitrogens with two attached hydrogens (primary N) is 1. The molecule has 0 aromatic heterocycles. The fourth-order valence-electron chi connectivity index (χ4n) is 7.03. The quantitative estimate of drug-likeness (QED) is 0.0493. The van der Waals surface area contributed by atoms with E-state index in [-0.39, 0.29) is 31.2 Å². The van der Waals surface area contributed by atoms with Crippen LogP contribution in [0.1, 0.15) is 93.1 Å². The van der Waals surface area contributed by atoms with Crippen molar-refractivity contribution < 1.29 is 63.3 Å². The number of carbonyl (C=O) groups excluding carboxylic acids is 8. The molecule has 0 saturated carbocycles. The van der Waals surface area contributed by atoms with Gasteiger partial charge in [0.25, 0.3) is 0 Å². The van der Waals surface area contributed by atoms with Crippen LogP contribution < -0.4 is 43.0 Å². The van der Waals surface area contributed by atoms with Crippen LogP contribution in [-0.4, -0.2) is 147 Å². The number of carboxylic acid groups (broad SMARTS) is 2. The maximum atomic E-state index is 13.9. The van der Waals surface area contributed by atoms with Crippen molar-refractivity contribution in [1.29, 1.82) is 0 Å². The summed E-state index contributed by atoms with van der Waals surface area (Å²) in [5.74, 6) is -9.90. The molecule has 1 saturated heterocycles. The fraction of sp³-hybridized carbons (Fsp3) is 0.636. The summed E-state index contributed by atoms with van der Waals surface area (Å²) in [6, 6.07) is -2.38. The van der Waals surface area contributed by atoms with E-state index in [2.05, 4.69) is 37.2 Å². The van der Waals surface area contributed by atoms with Crippen molar-refractivity contribution >= 4 is 59.2 Å². The molecule has 1 fully saturated rings. The molecule has 2 rings (SSSR count). The zero-order chi connectivity index (χ0) is 50.0. The predicted octanol–water partition coefficient (Wildman–Crippen LogP) is -1.72. The first-order valence-corrected chi connectivity index (χ1v) is 22.2. The Bertz CT molecular complexity index is 1880. The van der Waals surface area contributed by atoms with Crippen molar-refractivity contribution in [3.63, 3.8) is 0 Å². The average molecular weight is 932 g/mol. The molecule has 66 heavy (non-hydrogen) atoms. The molecule has 9 atom stereocenters. The molecule has 0 aliphatic carbocycles. The number of hydrogen-bond donors (Lipinski definition) is 11. The largest absolute Gasteiger partial charge is 0.481 e. The van der Waals surface area contributed by atoms with E-state index in [9.17, 15) is 58.2 Å². The van der Waals surface area contributed by atoms with Gasteiger partial charge in [-0.25, -0.2) is 4.79 Å². The van der Waals surface area contributed by atoms with Gasteiger partial charge in [-0.15, -0.1) is 0 Å². The zero-order valence-electron chi connectivity index (χ0n) is 38.9. The summed E-state index contributed by atoms with van der Waals surface area (Å²) in [4.78, 5) is 132. The second-order valence-electron chi connectivity index (χ2n) is 17.7. The first-order valence-electron chi connectivity index (χ1n) is 22.2. The van der Waals surface area contributed by atoms with Crippen LogP contribution in [0.2, 0.25) is 0 Å². The monoisotopic (exact) mass is 932 g/mol. The molecule has 22 heteroatoms. The van der Waals surface area contributed by atoms with E-state index in [1.807, 2.05) is 0 Å². The molecule has 1 aromatic carbocycles. The first kappa shape index (κ1) is 56.0. The van der Waals surface area contributed by atoms with Gasteiger partial charge in [-0.1, -0.05) is 71.9 Å². The minimum Gasteiger partial charge on any atom is -0.481 e. The van der Waals surface area contributed by atoms with E-state index in [4.69, 9.17) is 10.8 Å². The number of carboxylic acids is 2. The second kappa shape index (κ2) is 26.7. The van der Waals surface area contributed by atoms with Crippen LogP contribution in [0.5, 0.6) is 0 Å². The number of carbonyl (C=O) groups is 10. The Morgan fingerprint density at radius 1 is 0.652 bits per heavy atom. The van der Waals surface area contributed by atoms with Gasteiger partial charge in [0.15, 0.2) is 0 Å². The molecule has 1 heterocycles. The van der Waals surface area contributed by atoms with Crippen LogP contribution in [0, 0.1) is 17.8 Å². The molecule has 0 spiro atoms. The van der Waals surface area contributed by atoms with Crippen molar-refractivity contribution in [2.24, 2.45) is 23.5 Å². The normalized spacial score (nSPS) is 17.2. The topological polar surface area (TPSA) is 345 Å². The lowest BCUT2D eigenvalue weighted by Crippen LogP contribution is -2.61. The third kappa shape index (κ3) is 17.7. The third-order valence-electron chi connectivity index (χ3n) is 10.8. The molecule has 12 N–H and O–H groups in total. The minimum atomic E-state index is -1.67. The summed E-state index contributed by atoms with van der Waals surface area (Å²) in [5, 5.41) is 45.9. The van der Waals surface area contributed by atoms with Crippen LogP contribution in [0.4, 0.5) is 0 Å². The number of aliphatic carboxylic acids is 2. The van der Waals surface area contributed by atoms with Crippen LogP contribution in [0.3, 0.4) is 0 Å². The van der Waals surface area contributed by atoms with Gasteiger partial charge in [-0.3, -0.25) is 43.2 Å². The molecule has 0 radical (unpaired) electrons. The number of aliphatic hydroxyl groups is 1. The Labute approximate surface area is 384 Å². The summed E-state index contributed by atoms with van der Waals surface area (Å²) in [5.41, 5.74) is 6.40. The molecule has 1 aliphatic rings. The maximum Gasteiger partial charge on any atom is 0.326 e. The number of aliphatic hydroxyl groups excluding tert-OH is 1. The van der Waals surface area contributed by atoms with Gasteiger partial charge < -0.3 is 63.2 Å². The molecule has 0 unspecified atom stereocenters. The summed E-state index contributed by atoms with van der Waals surface area (Å²) >= 11 is 0. The lowest BCUT2D eigenvalue weighted by molar-refractivity contribution is -0.144. The van der Waals surface area contributed by atoms with Gasteiger partial charge in [0.05, 0.1) is 12.6 Å². The number of nitrogens with zero attached hydrogens (tertiary/aromatic N) is 1.